The topological polar surface area (TPSA) is 43.2 Å². The van der Waals surface area contributed by atoms with Crippen LogP contribution in [0.5, 0.6) is 0 Å². The number of aromatic nitrogens is 1. The number of pyridine rings is 1. The predicted molar refractivity (Wildman–Crippen MR) is 70.3 cm³/mol. The minimum atomic E-state index is 0.678. The summed E-state index contributed by atoms with van der Waals surface area (Å²) < 4.78 is 0. The zero-order valence-corrected chi connectivity index (χ0v) is 11.3. The molecule has 92 valence electrons. The van der Waals surface area contributed by atoms with Crippen molar-refractivity contribution in [1.82, 2.24) is 9.88 Å². The average molecular weight is 232 g/mol. The maximum absolute atomic E-state index is 9.19. The number of nitriles is 1. The van der Waals surface area contributed by atoms with E-state index in [1.807, 2.05) is 41.1 Å². The number of anilines is 1. The predicted octanol–water partition coefficient (Wildman–Crippen LogP) is 1.57. The maximum Gasteiger partial charge on any atom is 0.103 e. The van der Waals surface area contributed by atoms with Gasteiger partial charge in [-0.25, -0.2) is 0 Å². The summed E-state index contributed by atoms with van der Waals surface area (Å²) in [7, 11) is 6.10. The highest BCUT2D eigenvalue weighted by molar-refractivity contribution is 5.61. The summed E-state index contributed by atoms with van der Waals surface area (Å²) in [5.41, 5.74) is 3.41. The Morgan fingerprint density at radius 3 is 2.41 bits per heavy atom. The van der Waals surface area contributed by atoms with Gasteiger partial charge in [-0.2, -0.15) is 5.26 Å². The fraction of sp³-hybridized carbons (Fsp3) is 0.538. The van der Waals surface area contributed by atoms with Crippen molar-refractivity contribution in [2.45, 2.75) is 13.8 Å². The smallest absolute Gasteiger partial charge is 0.103 e. The van der Waals surface area contributed by atoms with E-state index in [1.54, 1.807) is 0 Å². The monoisotopic (exact) mass is 232 g/mol. The van der Waals surface area contributed by atoms with E-state index in [4.69, 9.17) is 0 Å². The number of aryl methyl sites for hydroxylation is 2. The second kappa shape index (κ2) is 5.65. The molecule has 1 aromatic rings. The van der Waals surface area contributed by atoms with Crippen LogP contribution in [0, 0.1) is 25.2 Å². The van der Waals surface area contributed by atoms with Crippen LogP contribution in [0.2, 0.25) is 0 Å². The van der Waals surface area contributed by atoms with Gasteiger partial charge in [-0.05, 0) is 34.0 Å². The molecule has 0 saturated heterocycles. The fourth-order valence-corrected chi connectivity index (χ4v) is 1.72. The van der Waals surface area contributed by atoms with Gasteiger partial charge in [0.15, 0.2) is 0 Å². The van der Waals surface area contributed by atoms with E-state index in [-0.39, 0.29) is 0 Å². The van der Waals surface area contributed by atoms with Crippen LogP contribution < -0.4 is 4.90 Å². The maximum atomic E-state index is 9.19. The van der Waals surface area contributed by atoms with Crippen LogP contribution >= 0.6 is 0 Å². The SMILES string of the molecule is Cc1cc(N(C)CCN(C)C)c(C#N)c(C)n1. The molecule has 0 unspecified atom stereocenters. The number of hydrogen-bond donors (Lipinski definition) is 0. The largest absolute Gasteiger partial charge is 0.372 e. The molecule has 0 bridgehead atoms. The van der Waals surface area contributed by atoms with E-state index in [1.165, 1.54) is 0 Å². The molecule has 1 heterocycles. The quantitative estimate of drug-likeness (QED) is 0.790. The molecule has 0 spiro atoms. The Labute approximate surface area is 103 Å². The van der Waals surface area contributed by atoms with Gasteiger partial charge in [0, 0.05) is 25.8 Å². The minimum Gasteiger partial charge on any atom is -0.372 e. The van der Waals surface area contributed by atoms with Gasteiger partial charge in [-0.1, -0.05) is 0 Å². The molecule has 0 atom stereocenters. The van der Waals surface area contributed by atoms with Crippen molar-refractivity contribution in [2.24, 2.45) is 0 Å². The number of likely N-dealkylation sites (N-methyl/N-ethyl adjacent to an activating group) is 2. The lowest BCUT2D eigenvalue weighted by molar-refractivity contribution is 0.416. The van der Waals surface area contributed by atoms with Gasteiger partial charge in [0.05, 0.1) is 16.9 Å². The summed E-state index contributed by atoms with van der Waals surface area (Å²) in [5.74, 6) is 0. The zero-order chi connectivity index (χ0) is 13.0. The molecule has 0 N–H and O–H groups in total. The molecule has 0 saturated carbocycles. The van der Waals surface area contributed by atoms with Crippen LogP contribution in [0.15, 0.2) is 6.07 Å². The van der Waals surface area contributed by atoms with Gasteiger partial charge in [-0.15, -0.1) is 0 Å². The Balaban J connectivity index is 3.00. The number of rotatable bonds is 4. The molecule has 17 heavy (non-hydrogen) atoms. The second-order valence-electron chi connectivity index (χ2n) is 4.58. The number of nitrogens with zero attached hydrogens (tertiary/aromatic N) is 4. The highest BCUT2D eigenvalue weighted by atomic mass is 15.2. The van der Waals surface area contributed by atoms with Crippen molar-refractivity contribution in [3.63, 3.8) is 0 Å². The molecule has 0 aromatic carbocycles. The third kappa shape index (κ3) is 3.43. The van der Waals surface area contributed by atoms with Crippen LogP contribution in [-0.4, -0.2) is 44.1 Å². The summed E-state index contributed by atoms with van der Waals surface area (Å²) in [6.07, 6.45) is 0. The molecule has 0 aliphatic heterocycles. The lowest BCUT2D eigenvalue weighted by Crippen LogP contribution is -2.29. The molecule has 0 amide bonds. The summed E-state index contributed by atoms with van der Waals surface area (Å²) >= 11 is 0. The van der Waals surface area contributed by atoms with Crippen LogP contribution in [0.1, 0.15) is 17.0 Å². The van der Waals surface area contributed by atoms with Crippen molar-refractivity contribution in [3.8, 4) is 6.07 Å². The van der Waals surface area contributed by atoms with Gasteiger partial charge in [0.2, 0.25) is 0 Å². The highest BCUT2D eigenvalue weighted by Crippen LogP contribution is 2.21. The third-order valence-electron chi connectivity index (χ3n) is 2.71. The third-order valence-corrected chi connectivity index (χ3v) is 2.71. The lowest BCUT2D eigenvalue weighted by atomic mass is 10.1. The van der Waals surface area contributed by atoms with E-state index in [2.05, 4.69) is 20.9 Å². The first kappa shape index (κ1) is 13.5. The number of hydrogen-bond acceptors (Lipinski definition) is 4. The standard InChI is InChI=1S/C13H20N4/c1-10-8-13(12(9-14)11(2)15-10)17(5)7-6-16(3)4/h8H,6-7H2,1-5H3. The van der Waals surface area contributed by atoms with E-state index in [0.717, 1.165) is 30.2 Å². The Hall–Kier alpha value is -1.60. The zero-order valence-electron chi connectivity index (χ0n) is 11.3. The molecule has 1 rings (SSSR count). The van der Waals surface area contributed by atoms with Crippen LogP contribution in [0.3, 0.4) is 0 Å². The van der Waals surface area contributed by atoms with Crippen LogP contribution in [-0.2, 0) is 0 Å². The molecule has 0 aliphatic rings. The van der Waals surface area contributed by atoms with Crippen molar-refractivity contribution in [1.29, 1.82) is 5.26 Å². The summed E-state index contributed by atoms with van der Waals surface area (Å²) in [6.45, 7) is 5.69. The van der Waals surface area contributed by atoms with Gasteiger partial charge in [-0.3, -0.25) is 4.98 Å². The van der Waals surface area contributed by atoms with Gasteiger partial charge < -0.3 is 9.80 Å². The first-order valence-corrected chi connectivity index (χ1v) is 5.70. The van der Waals surface area contributed by atoms with Crippen molar-refractivity contribution < 1.29 is 0 Å². The molecule has 4 nitrogen and oxygen atoms in total. The first-order chi connectivity index (χ1) is 7.95. The van der Waals surface area contributed by atoms with Crippen molar-refractivity contribution in [3.05, 3.63) is 23.0 Å². The second-order valence-corrected chi connectivity index (χ2v) is 4.58. The average Bonchev–Trinajstić information content (AvgIpc) is 2.24. The van der Waals surface area contributed by atoms with E-state index >= 15 is 0 Å². The highest BCUT2D eigenvalue weighted by Gasteiger charge is 2.11. The molecule has 0 radical (unpaired) electrons. The van der Waals surface area contributed by atoms with Crippen LogP contribution in [0.25, 0.3) is 0 Å². The normalized spacial score (nSPS) is 10.4. The molecular formula is C13H20N4. The summed E-state index contributed by atoms with van der Waals surface area (Å²) in [5, 5.41) is 9.19. The fourth-order valence-electron chi connectivity index (χ4n) is 1.72. The lowest BCUT2D eigenvalue weighted by Gasteiger charge is -2.23. The van der Waals surface area contributed by atoms with Gasteiger partial charge in [0.25, 0.3) is 0 Å². The molecular weight excluding hydrogens is 212 g/mol. The Morgan fingerprint density at radius 2 is 1.88 bits per heavy atom. The van der Waals surface area contributed by atoms with Gasteiger partial charge >= 0.3 is 0 Å². The molecule has 1 aromatic heterocycles. The van der Waals surface area contributed by atoms with Crippen molar-refractivity contribution in [2.75, 3.05) is 39.1 Å². The van der Waals surface area contributed by atoms with Crippen molar-refractivity contribution >= 4 is 5.69 Å². The van der Waals surface area contributed by atoms with E-state index in [0.29, 0.717) is 5.56 Å². The molecule has 0 aliphatic carbocycles. The Bertz CT molecular complexity index is 432. The van der Waals surface area contributed by atoms with Gasteiger partial charge in [0.1, 0.15) is 6.07 Å². The van der Waals surface area contributed by atoms with E-state index < -0.39 is 0 Å². The molecule has 0 fully saturated rings. The Kier molecular flexibility index (Phi) is 4.47. The minimum absolute atomic E-state index is 0.678. The summed E-state index contributed by atoms with van der Waals surface area (Å²) in [6, 6.07) is 4.22. The first-order valence-electron chi connectivity index (χ1n) is 5.70. The summed E-state index contributed by atoms with van der Waals surface area (Å²) in [4.78, 5) is 8.56. The van der Waals surface area contributed by atoms with E-state index in [9.17, 15) is 5.26 Å². The molecule has 4 heteroatoms. The Morgan fingerprint density at radius 1 is 1.24 bits per heavy atom. The van der Waals surface area contributed by atoms with Crippen LogP contribution in [0.4, 0.5) is 5.69 Å².